The maximum Gasteiger partial charge on any atom is 0.101 e. The van der Waals surface area contributed by atoms with Crippen molar-refractivity contribution in [2.24, 2.45) is 0 Å². The molecular formula is C76H59ClN6. The Balaban J connectivity index is 1.15. The van der Waals surface area contributed by atoms with Gasteiger partial charge in [-0.3, -0.25) is 0 Å². The van der Waals surface area contributed by atoms with E-state index in [1.54, 1.807) is 6.07 Å². The second kappa shape index (κ2) is 20.8. The summed E-state index contributed by atoms with van der Waals surface area (Å²) in [6, 6.07) is 76.1. The van der Waals surface area contributed by atoms with Gasteiger partial charge in [0.2, 0.25) is 0 Å². The fraction of sp³-hybridized carbons (Fsp3) is 0.105. The van der Waals surface area contributed by atoms with Gasteiger partial charge in [0, 0.05) is 60.7 Å². The van der Waals surface area contributed by atoms with Crippen molar-refractivity contribution >= 4 is 89.3 Å². The smallest absolute Gasteiger partial charge is 0.101 e. The molecule has 0 radical (unpaired) electrons. The van der Waals surface area contributed by atoms with Crippen LogP contribution in [0.2, 0.25) is 5.02 Å². The molecule has 0 atom stereocenters. The summed E-state index contributed by atoms with van der Waals surface area (Å²) in [6.07, 6.45) is 0. The van der Waals surface area contributed by atoms with E-state index in [9.17, 15) is 13.3 Å². The van der Waals surface area contributed by atoms with Crippen LogP contribution in [0.1, 0.15) is 70.7 Å². The van der Waals surface area contributed by atoms with E-state index in [1.165, 1.54) is 0 Å². The number of hydrogen-bond donors (Lipinski definition) is 0. The first-order valence-electron chi connectivity index (χ1n) is 30.2. The SMILES string of the molecule is [2H]c1c([2H])c([2H])c(-c2cccc(N(c3cc(-c4cc(C(C)(C)C)cc(C(C)(C)C)c4)cc(N(c4cccc(Cl)c4)c4cc(-n5c6ccccc6c6ccccc65)ccc4C#N)c3)c3ccc(C#N)c(-n4c5ccccc5c5ccccc54)c3)c2)c([2H])c1[2H]. The molecule has 0 unspecified atom stereocenters. The van der Waals surface area contributed by atoms with Gasteiger partial charge in [-0.2, -0.15) is 10.5 Å². The minimum atomic E-state index is -0.481. The normalized spacial score (nSPS) is 12.6. The quantitative estimate of drug-likeness (QED) is 0.137. The third kappa shape index (κ3) is 9.54. The first kappa shape index (κ1) is 46.6. The predicted octanol–water partition coefficient (Wildman–Crippen LogP) is 21.1. The number of hydrogen-bond acceptors (Lipinski definition) is 4. The van der Waals surface area contributed by atoms with Crippen LogP contribution in [0.3, 0.4) is 0 Å². The molecule has 7 heteroatoms. The van der Waals surface area contributed by atoms with Gasteiger partial charge in [-0.25, -0.2) is 0 Å². The Morgan fingerprint density at radius 1 is 0.398 bits per heavy atom. The summed E-state index contributed by atoms with van der Waals surface area (Å²) < 4.78 is 48.7. The van der Waals surface area contributed by atoms with Gasteiger partial charge in [-0.05, 0) is 153 Å². The van der Waals surface area contributed by atoms with Crippen molar-refractivity contribution in [3.63, 3.8) is 0 Å². The number of anilines is 6. The van der Waals surface area contributed by atoms with E-state index in [1.807, 2.05) is 109 Å². The minimum Gasteiger partial charge on any atom is -0.310 e. The Bertz CT molecular complexity index is 4920. The van der Waals surface area contributed by atoms with Gasteiger partial charge in [0.05, 0.1) is 51.4 Å². The Hall–Kier alpha value is -10.1. The van der Waals surface area contributed by atoms with E-state index in [-0.39, 0.29) is 28.5 Å². The zero-order chi connectivity index (χ0) is 61.5. The molecule has 0 N–H and O–H groups in total. The van der Waals surface area contributed by atoms with Gasteiger partial charge in [0.1, 0.15) is 12.1 Å². The molecule has 0 spiro atoms. The summed E-state index contributed by atoms with van der Waals surface area (Å²) in [7, 11) is 0. The fourth-order valence-electron chi connectivity index (χ4n) is 11.6. The topological polar surface area (TPSA) is 63.9 Å². The number of para-hydroxylation sites is 4. The van der Waals surface area contributed by atoms with Crippen LogP contribution in [0.25, 0.3) is 77.2 Å². The van der Waals surface area contributed by atoms with Gasteiger partial charge < -0.3 is 18.9 Å². The molecule has 0 aliphatic carbocycles. The van der Waals surface area contributed by atoms with Crippen LogP contribution in [-0.4, -0.2) is 9.13 Å². The highest BCUT2D eigenvalue weighted by molar-refractivity contribution is 6.31. The Labute approximate surface area is 497 Å². The van der Waals surface area contributed by atoms with Crippen molar-refractivity contribution in [1.29, 1.82) is 10.5 Å². The summed E-state index contributed by atoms with van der Waals surface area (Å²) in [5.41, 5.74) is 14.1. The highest BCUT2D eigenvalue weighted by Crippen LogP contribution is 2.48. The predicted molar refractivity (Wildman–Crippen MR) is 347 cm³/mol. The lowest BCUT2D eigenvalue weighted by Gasteiger charge is -2.32. The van der Waals surface area contributed by atoms with E-state index >= 15 is 0 Å². The molecule has 0 aliphatic heterocycles. The number of nitrogens with zero attached hydrogens (tertiary/aromatic N) is 6. The Morgan fingerprint density at radius 2 is 0.880 bits per heavy atom. The molecule has 0 saturated carbocycles. The zero-order valence-corrected chi connectivity index (χ0v) is 47.6. The number of benzene rings is 11. The summed E-state index contributed by atoms with van der Waals surface area (Å²) in [5.74, 6) is 0. The van der Waals surface area contributed by atoms with Crippen LogP contribution in [0.15, 0.2) is 249 Å². The molecule has 0 saturated heterocycles. The van der Waals surface area contributed by atoms with Crippen molar-refractivity contribution in [3.8, 4) is 45.8 Å². The molecule has 11 aromatic carbocycles. The molecular weight excluding hydrogens is 1030 g/mol. The highest BCUT2D eigenvalue weighted by Gasteiger charge is 2.27. The van der Waals surface area contributed by atoms with E-state index in [2.05, 4.69) is 176 Å². The van der Waals surface area contributed by atoms with Gasteiger partial charge in [-0.1, -0.05) is 193 Å². The number of halogens is 1. The van der Waals surface area contributed by atoms with E-state index in [0.717, 1.165) is 71.6 Å². The van der Waals surface area contributed by atoms with Crippen LogP contribution in [0, 0.1) is 22.7 Å². The van der Waals surface area contributed by atoms with Crippen molar-refractivity contribution in [2.45, 2.75) is 52.4 Å². The largest absolute Gasteiger partial charge is 0.310 e. The van der Waals surface area contributed by atoms with Gasteiger partial charge in [0.15, 0.2) is 0 Å². The van der Waals surface area contributed by atoms with Gasteiger partial charge >= 0.3 is 0 Å². The lowest BCUT2D eigenvalue weighted by Crippen LogP contribution is -2.17. The first-order valence-corrected chi connectivity index (χ1v) is 28.1. The number of rotatable bonds is 10. The van der Waals surface area contributed by atoms with Crippen molar-refractivity contribution < 1.29 is 6.85 Å². The summed E-state index contributed by atoms with van der Waals surface area (Å²) in [5, 5.41) is 27.2. The van der Waals surface area contributed by atoms with Crippen molar-refractivity contribution in [2.75, 3.05) is 9.80 Å². The molecule has 2 aromatic heterocycles. The summed E-state index contributed by atoms with van der Waals surface area (Å²) >= 11 is 7.05. The molecule has 6 nitrogen and oxygen atoms in total. The van der Waals surface area contributed by atoms with Crippen LogP contribution < -0.4 is 9.80 Å². The fourth-order valence-corrected chi connectivity index (χ4v) is 11.8. The van der Waals surface area contributed by atoms with E-state index in [0.29, 0.717) is 61.5 Å². The number of aromatic nitrogens is 2. The number of nitriles is 2. The van der Waals surface area contributed by atoms with Crippen molar-refractivity contribution in [1.82, 2.24) is 9.13 Å². The molecule has 0 amide bonds. The van der Waals surface area contributed by atoms with Crippen LogP contribution in [0.5, 0.6) is 0 Å². The molecule has 0 bridgehead atoms. The molecule has 2 heterocycles. The molecule has 0 fully saturated rings. The van der Waals surface area contributed by atoms with Crippen LogP contribution in [0.4, 0.5) is 34.1 Å². The van der Waals surface area contributed by atoms with Crippen molar-refractivity contribution in [3.05, 3.63) is 276 Å². The van der Waals surface area contributed by atoms with Gasteiger partial charge in [0.25, 0.3) is 0 Å². The second-order valence-corrected chi connectivity index (χ2v) is 23.5. The maximum atomic E-state index is 11.4. The zero-order valence-electron chi connectivity index (χ0n) is 51.8. The van der Waals surface area contributed by atoms with E-state index < -0.39 is 18.1 Å². The van der Waals surface area contributed by atoms with Gasteiger partial charge in [-0.15, -0.1) is 0 Å². The Kier molecular flexibility index (Phi) is 11.7. The second-order valence-electron chi connectivity index (χ2n) is 23.1. The molecule has 13 aromatic rings. The first-order chi connectivity index (χ1) is 42.3. The summed E-state index contributed by atoms with van der Waals surface area (Å²) in [6.45, 7) is 13.3. The average molecular weight is 1100 g/mol. The minimum absolute atomic E-state index is 0.0565. The third-order valence-electron chi connectivity index (χ3n) is 15.7. The monoisotopic (exact) mass is 1100 g/mol. The maximum absolute atomic E-state index is 11.4. The van der Waals surface area contributed by atoms with Crippen LogP contribution >= 0.6 is 11.6 Å². The van der Waals surface area contributed by atoms with E-state index in [4.69, 9.17) is 15.7 Å². The molecule has 400 valence electrons. The lowest BCUT2D eigenvalue weighted by atomic mass is 9.79. The molecule has 83 heavy (non-hydrogen) atoms. The number of fused-ring (bicyclic) bond motifs is 6. The average Bonchev–Trinajstić information content (AvgIpc) is 1.79. The highest BCUT2D eigenvalue weighted by atomic mass is 35.5. The third-order valence-corrected chi connectivity index (χ3v) is 16.0. The Morgan fingerprint density at radius 3 is 1.43 bits per heavy atom. The summed E-state index contributed by atoms with van der Waals surface area (Å²) in [4.78, 5) is 4.19. The molecule has 0 aliphatic rings. The standard InChI is InChI=1S/C76H59ClN6/c1-75(2,3)56-38-54(39-57(43-56)76(4,5)6)55-41-63(45-64(42-55)81(60-25-19-23-58(77)44-60)73-47-62(37-35-52(73)48-78)82-69-30-14-10-26-65(69)66-27-11-15-31-70(66)82)80(59-24-18-22-51(40-59)50-20-8-7-9-21-50)61-36-34-53(49-79)74(46-61)83-71-32-16-12-28-67(71)68-29-13-17-33-72(68)83/h7-47H,1-6H3/i7D,8D,9D,20D,21D. The molecule has 13 rings (SSSR count). The lowest BCUT2D eigenvalue weighted by molar-refractivity contribution is 0.569. The van der Waals surface area contributed by atoms with Crippen LogP contribution in [-0.2, 0) is 10.8 Å².